The molecule has 0 bridgehead atoms. The minimum atomic E-state index is -4.72. The quantitative estimate of drug-likeness (QED) is 0.777. The second-order valence-electron chi connectivity index (χ2n) is 7.44. The standard InChI is InChI=1S/C21H22F3N5O/c22-21(23,24)30-17-9-7-14(8-10-17)15-5-4-6-16(13-15)29-19(26)27-18(25)28-20(29)11-2-1-3-12-20/h4-10,13H,1-3,11-12H2,(H4,25,26,27,28). The molecule has 0 radical (unpaired) electrons. The van der Waals surface area contributed by atoms with Crippen molar-refractivity contribution in [1.82, 2.24) is 0 Å². The molecule has 1 aliphatic carbocycles. The maximum atomic E-state index is 12.4. The molecule has 1 heterocycles. The highest BCUT2D eigenvalue weighted by Crippen LogP contribution is 2.40. The van der Waals surface area contributed by atoms with E-state index in [0.717, 1.165) is 48.9 Å². The van der Waals surface area contributed by atoms with Crippen molar-refractivity contribution in [2.45, 2.75) is 44.1 Å². The molecule has 0 amide bonds. The molecule has 30 heavy (non-hydrogen) atoms. The van der Waals surface area contributed by atoms with Gasteiger partial charge in [-0.2, -0.15) is 4.99 Å². The Kier molecular flexibility index (Phi) is 5.05. The van der Waals surface area contributed by atoms with Crippen molar-refractivity contribution in [3.05, 3.63) is 48.5 Å². The summed E-state index contributed by atoms with van der Waals surface area (Å²) in [5, 5.41) is 0. The molecule has 1 aliphatic heterocycles. The normalized spacial score (nSPS) is 18.7. The van der Waals surface area contributed by atoms with Crippen molar-refractivity contribution in [2.75, 3.05) is 4.90 Å². The lowest BCUT2D eigenvalue weighted by molar-refractivity contribution is -0.274. The summed E-state index contributed by atoms with van der Waals surface area (Å²) >= 11 is 0. The van der Waals surface area contributed by atoms with Crippen molar-refractivity contribution in [3.63, 3.8) is 0 Å². The molecule has 1 spiro atoms. The molecule has 0 atom stereocenters. The van der Waals surface area contributed by atoms with Crippen LogP contribution in [0.2, 0.25) is 0 Å². The maximum absolute atomic E-state index is 12.4. The number of aliphatic imine (C=N–C) groups is 2. The van der Waals surface area contributed by atoms with E-state index in [9.17, 15) is 13.2 Å². The lowest BCUT2D eigenvalue weighted by Gasteiger charge is -2.45. The zero-order chi connectivity index (χ0) is 21.4. The SMILES string of the molecule is NC1=NC2(CCCCC2)N(c2cccc(-c3ccc(OC(F)(F)F)cc3)c2)C(N)=N1. The average Bonchev–Trinajstić information content (AvgIpc) is 2.67. The first-order chi connectivity index (χ1) is 14.3. The maximum Gasteiger partial charge on any atom is 0.573 e. The Labute approximate surface area is 172 Å². The van der Waals surface area contributed by atoms with Crippen LogP contribution >= 0.6 is 0 Å². The van der Waals surface area contributed by atoms with E-state index < -0.39 is 12.0 Å². The van der Waals surface area contributed by atoms with Gasteiger partial charge >= 0.3 is 6.36 Å². The highest BCUT2D eigenvalue weighted by molar-refractivity contribution is 6.05. The van der Waals surface area contributed by atoms with E-state index in [-0.39, 0.29) is 17.7 Å². The molecule has 158 valence electrons. The number of alkyl halides is 3. The predicted octanol–water partition coefficient (Wildman–Crippen LogP) is 4.36. The molecule has 0 aromatic heterocycles. The lowest BCUT2D eigenvalue weighted by Crippen LogP contribution is -2.58. The minimum absolute atomic E-state index is 0.182. The number of guanidine groups is 2. The largest absolute Gasteiger partial charge is 0.573 e. The number of ether oxygens (including phenoxy) is 1. The zero-order valence-electron chi connectivity index (χ0n) is 16.2. The highest BCUT2D eigenvalue weighted by Gasteiger charge is 2.42. The van der Waals surface area contributed by atoms with Gasteiger partial charge in [-0.25, -0.2) is 4.99 Å². The first kappa shape index (κ1) is 20.1. The molecule has 1 saturated carbocycles. The number of rotatable bonds is 3. The topological polar surface area (TPSA) is 89.2 Å². The summed E-state index contributed by atoms with van der Waals surface area (Å²) in [6, 6.07) is 13.3. The molecular formula is C21H22F3N5O. The van der Waals surface area contributed by atoms with E-state index >= 15 is 0 Å². The van der Waals surface area contributed by atoms with Gasteiger partial charge in [0.1, 0.15) is 11.4 Å². The Balaban J connectivity index is 1.66. The Hall–Kier alpha value is -3.23. The van der Waals surface area contributed by atoms with Crippen LogP contribution in [0.4, 0.5) is 18.9 Å². The highest BCUT2D eigenvalue weighted by atomic mass is 19.4. The molecule has 0 unspecified atom stereocenters. The second-order valence-corrected chi connectivity index (χ2v) is 7.44. The van der Waals surface area contributed by atoms with Gasteiger partial charge in [-0.05, 0) is 61.1 Å². The van der Waals surface area contributed by atoms with Crippen LogP contribution in [-0.4, -0.2) is 23.9 Å². The van der Waals surface area contributed by atoms with Gasteiger partial charge in [-0.1, -0.05) is 30.7 Å². The molecule has 2 aromatic rings. The van der Waals surface area contributed by atoms with E-state index in [0.29, 0.717) is 0 Å². The van der Waals surface area contributed by atoms with E-state index in [1.807, 2.05) is 29.2 Å². The molecule has 2 aliphatic rings. The van der Waals surface area contributed by atoms with Crippen molar-refractivity contribution < 1.29 is 17.9 Å². The summed E-state index contributed by atoms with van der Waals surface area (Å²) in [7, 11) is 0. The molecule has 6 nitrogen and oxygen atoms in total. The summed E-state index contributed by atoms with van der Waals surface area (Å²) in [5.41, 5.74) is 14.0. The number of benzene rings is 2. The van der Waals surface area contributed by atoms with Crippen molar-refractivity contribution >= 4 is 17.6 Å². The minimum Gasteiger partial charge on any atom is -0.406 e. The Bertz CT molecular complexity index is 979. The van der Waals surface area contributed by atoms with Crippen LogP contribution in [-0.2, 0) is 0 Å². The Morgan fingerprint density at radius 2 is 1.63 bits per heavy atom. The van der Waals surface area contributed by atoms with Gasteiger partial charge in [0.05, 0.1) is 0 Å². The molecule has 4 rings (SSSR count). The van der Waals surface area contributed by atoms with Gasteiger partial charge < -0.3 is 16.2 Å². The Morgan fingerprint density at radius 3 is 2.30 bits per heavy atom. The van der Waals surface area contributed by atoms with Gasteiger partial charge in [0.25, 0.3) is 0 Å². The second kappa shape index (κ2) is 7.55. The summed E-state index contributed by atoms with van der Waals surface area (Å²) in [4.78, 5) is 10.7. The van der Waals surface area contributed by atoms with E-state index in [4.69, 9.17) is 11.5 Å². The number of halogens is 3. The molecule has 4 N–H and O–H groups in total. The average molecular weight is 417 g/mol. The summed E-state index contributed by atoms with van der Waals surface area (Å²) in [6.07, 6.45) is 0.0781. The van der Waals surface area contributed by atoms with Crippen molar-refractivity contribution in [2.24, 2.45) is 21.5 Å². The number of anilines is 1. The van der Waals surface area contributed by atoms with Crippen LogP contribution in [0.1, 0.15) is 32.1 Å². The first-order valence-electron chi connectivity index (χ1n) is 9.72. The van der Waals surface area contributed by atoms with Crippen LogP contribution in [0.15, 0.2) is 58.5 Å². The van der Waals surface area contributed by atoms with E-state index in [1.54, 1.807) is 12.1 Å². The molecule has 9 heteroatoms. The predicted molar refractivity (Wildman–Crippen MR) is 110 cm³/mol. The van der Waals surface area contributed by atoms with Gasteiger partial charge in [0.15, 0.2) is 0 Å². The fourth-order valence-electron chi connectivity index (χ4n) is 4.17. The zero-order valence-corrected chi connectivity index (χ0v) is 16.2. The van der Waals surface area contributed by atoms with E-state index in [1.165, 1.54) is 12.1 Å². The van der Waals surface area contributed by atoms with Gasteiger partial charge in [-0.15, -0.1) is 13.2 Å². The van der Waals surface area contributed by atoms with Gasteiger partial charge in [0, 0.05) is 5.69 Å². The number of nitrogens with two attached hydrogens (primary N) is 2. The third kappa shape index (κ3) is 4.05. The van der Waals surface area contributed by atoms with Crippen LogP contribution in [0.3, 0.4) is 0 Å². The lowest BCUT2D eigenvalue weighted by atomic mass is 9.87. The first-order valence-corrected chi connectivity index (χ1v) is 9.72. The third-order valence-electron chi connectivity index (χ3n) is 5.38. The van der Waals surface area contributed by atoms with Gasteiger partial charge in [-0.3, -0.25) is 4.90 Å². The third-order valence-corrected chi connectivity index (χ3v) is 5.38. The molecular weight excluding hydrogens is 395 g/mol. The van der Waals surface area contributed by atoms with Gasteiger partial charge in [0.2, 0.25) is 11.9 Å². The van der Waals surface area contributed by atoms with Crippen LogP contribution in [0, 0.1) is 0 Å². The monoisotopic (exact) mass is 417 g/mol. The number of nitrogens with zero attached hydrogens (tertiary/aromatic N) is 3. The fourth-order valence-corrected chi connectivity index (χ4v) is 4.17. The number of hydrogen-bond donors (Lipinski definition) is 2. The fraction of sp³-hybridized carbons (Fsp3) is 0.333. The summed E-state index contributed by atoms with van der Waals surface area (Å²) < 4.78 is 41.1. The van der Waals surface area contributed by atoms with Crippen molar-refractivity contribution in [1.29, 1.82) is 0 Å². The van der Waals surface area contributed by atoms with Crippen LogP contribution in [0.25, 0.3) is 11.1 Å². The van der Waals surface area contributed by atoms with Crippen molar-refractivity contribution in [3.8, 4) is 16.9 Å². The molecule has 1 fully saturated rings. The number of hydrogen-bond acceptors (Lipinski definition) is 6. The molecule has 0 saturated heterocycles. The summed E-state index contributed by atoms with van der Waals surface area (Å²) in [6.45, 7) is 0. The smallest absolute Gasteiger partial charge is 0.406 e. The van der Waals surface area contributed by atoms with Crippen LogP contribution in [0.5, 0.6) is 5.75 Å². The van der Waals surface area contributed by atoms with Crippen LogP contribution < -0.4 is 21.1 Å². The molecule has 2 aromatic carbocycles. The van der Waals surface area contributed by atoms with E-state index in [2.05, 4.69) is 14.7 Å². The Morgan fingerprint density at radius 1 is 0.933 bits per heavy atom. The summed E-state index contributed by atoms with van der Waals surface area (Å²) in [5.74, 6) is 0.207.